The second-order valence-corrected chi connectivity index (χ2v) is 4.88. The monoisotopic (exact) mass is 313 g/mol. The van der Waals surface area contributed by atoms with Gasteiger partial charge in [-0.1, -0.05) is 30.3 Å². The SMILES string of the molecule is COCCNC(=O)c1cncc(C(=O)NCc2ccccc2)c1. The molecule has 0 aliphatic carbocycles. The Hall–Kier alpha value is -2.73. The van der Waals surface area contributed by atoms with Crippen LogP contribution < -0.4 is 10.6 Å². The average molecular weight is 313 g/mol. The molecular weight excluding hydrogens is 294 g/mol. The molecule has 1 heterocycles. The highest BCUT2D eigenvalue weighted by Gasteiger charge is 2.11. The van der Waals surface area contributed by atoms with Crippen molar-refractivity contribution in [3.63, 3.8) is 0 Å². The van der Waals surface area contributed by atoms with Gasteiger partial charge in [0.05, 0.1) is 17.7 Å². The van der Waals surface area contributed by atoms with Crippen molar-refractivity contribution in [2.75, 3.05) is 20.3 Å². The summed E-state index contributed by atoms with van der Waals surface area (Å²) in [5.41, 5.74) is 1.69. The largest absolute Gasteiger partial charge is 0.383 e. The summed E-state index contributed by atoms with van der Waals surface area (Å²) in [5.74, 6) is -0.555. The number of hydrogen-bond acceptors (Lipinski definition) is 4. The van der Waals surface area contributed by atoms with Crippen LogP contribution in [0.5, 0.6) is 0 Å². The average Bonchev–Trinajstić information content (AvgIpc) is 2.61. The molecule has 120 valence electrons. The third-order valence-corrected chi connectivity index (χ3v) is 3.15. The Kier molecular flexibility index (Phi) is 6.26. The van der Waals surface area contributed by atoms with E-state index in [0.29, 0.717) is 30.8 Å². The molecule has 0 saturated heterocycles. The zero-order chi connectivity index (χ0) is 16.5. The van der Waals surface area contributed by atoms with Crippen LogP contribution in [0.2, 0.25) is 0 Å². The van der Waals surface area contributed by atoms with E-state index in [0.717, 1.165) is 5.56 Å². The summed E-state index contributed by atoms with van der Waals surface area (Å²) in [6.45, 7) is 1.25. The Morgan fingerprint density at radius 1 is 1.04 bits per heavy atom. The molecule has 0 unspecified atom stereocenters. The number of hydrogen-bond donors (Lipinski definition) is 2. The van der Waals surface area contributed by atoms with Crippen molar-refractivity contribution in [2.24, 2.45) is 0 Å². The summed E-state index contributed by atoms with van der Waals surface area (Å²) in [6.07, 6.45) is 2.86. The van der Waals surface area contributed by atoms with E-state index >= 15 is 0 Å². The molecule has 0 bridgehead atoms. The van der Waals surface area contributed by atoms with Gasteiger partial charge in [-0.05, 0) is 11.6 Å². The first-order chi connectivity index (χ1) is 11.2. The maximum Gasteiger partial charge on any atom is 0.253 e. The number of methoxy groups -OCH3 is 1. The van der Waals surface area contributed by atoms with Crippen LogP contribution in [0.25, 0.3) is 0 Å². The minimum atomic E-state index is -0.285. The highest BCUT2D eigenvalue weighted by molar-refractivity contribution is 5.99. The van der Waals surface area contributed by atoms with Gasteiger partial charge in [-0.3, -0.25) is 14.6 Å². The number of aromatic nitrogens is 1. The zero-order valence-corrected chi connectivity index (χ0v) is 12.9. The Balaban J connectivity index is 1.95. The molecule has 0 spiro atoms. The van der Waals surface area contributed by atoms with E-state index in [4.69, 9.17) is 4.74 Å². The molecule has 2 aromatic rings. The molecule has 23 heavy (non-hydrogen) atoms. The van der Waals surface area contributed by atoms with E-state index in [1.807, 2.05) is 30.3 Å². The van der Waals surface area contributed by atoms with Gasteiger partial charge < -0.3 is 15.4 Å². The molecule has 2 rings (SSSR count). The lowest BCUT2D eigenvalue weighted by Crippen LogP contribution is -2.28. The van der Waals surface area contributed by atoms with Crippen LogP contribution >= 0.6 is 0 Å². The third kappa shape index (κ3) is 5.19. The molecule has 0 radical (unpaired) electrons. The lowest BCUT2D eigenvalue weighted by atomic mass is 10.1. The summed E-state index contributed by atoms with van der Waals surface area (Å²) in [4.78, 5) is 28.0. The first kappa shape index (κ1) is 16.6. The molecule has 2 N–H and O–H groups in total. The standard InChI is InChI=1S/C17H19N3O3/c1-23-8-7-19-16(21)14-9-15(12-18-11-14)17(22)20-10-13-5-3-2-4-6-13/h2-6,9,11-12H,7-8,10H2,1H3,(H,19,21)(H,20,22). The summed E-state index contributed by atoms with van der Waals surface area (Å²) < 4.78 is 4.87. The fourth-order valence-electron chi connectivity index (χ4n) is 1.94. The van der Waals surface area contributed by atoms with Crippen molar-refractivity contribution in [2.45, 2.75) is 6.54 Å². The number of rotatable bonds is 7. The van der Waals surface area contributed by atoms with E-state index < -0.39 is 0 Å². The molecule has 0 aliphatic rings. The predicted octanol–water partition coefficient (Wildman–Crippen LogP) is 1.39. The number of pyridine rings is 1. The molecule has 1 aromatic carbocycles. The van der Waals surface area contributed by atoms with Gasteiger partial charge in [-0.2, -0.15) is 0 Å². The van der Waals surface area contributed by atoms with Gasteiger partial charge in [0, 0.05) is 32.6 Å². The quantitative estimate of drug-likeness (QED) is 0.757. The van der Waals surface area contributed by atoms with Gasteiger partial charge in [0.25, 0.3) is 11.8 Å². The lowest BCUT2D eigenvalue weighted by molar-refractivity contribution is 0.0936. The smallest absolute Gasteiger partial charge is 0.253 e. The number of carbonyl (C=O) groups is 2. The maximum absolute atomic E-state index is 12.2. The molecule has 0 atom stereocenters. The van der Waals surface area contributed by atoms with E-state index in [1.54, 1.807) is 7.11 Å². The molecule has 0 fully saturated rings. The van der Waals surface area contributed by atoms with Crippen LogP contribution in [0, 0.1) is 0 Å². The Morgan fingerprint density at radius 2 is 1.70 bits per heavy atom. The van der Waals surface area contributed by atoms with Crippen molar-refractivity contribution in [1.29, 1.82) is 0 Å². The van der Waals surface area contributed by atoms with Crippen molar-refractivity contribution in [1.82, 2.24) is 15.6 Å². The van der Waals surface area contributed by atoms with Crippen molar-refractivity contribution in [3.05, 3.63) is 65.5 Å². The minimum absolute atomic E-state index is 0.270. The first-order valence-corrected chi connectivity index (χ1v) is 7.25. The van der Waals surface area contributed by atoms with E-state index in [-0.39, 0.29) is 11.8 Å². The van der Waals surface area contributed by atoms with Crippen LogP contribution in [-0.2, 0) is 11.3 Å². The van der Waals surface area contributed by atoms with Crippen molar-refractivity contribution in [3.8, 4) is 0 Å². The molecule has 1 aromatic heterocycles. The predicted molar refractivity (Wildman–Crippen MR) is 86.1 cm³/mol. The molecule has 0 saturated carbocycles. The highest BCUT2D eigenvalue weighted by atomic mass is 16.5. The number of benzene rings is 1. The number of nitrogens with zero attached hydrogens (tertiary/aromatic N) is 1. The molecule has 0 aliphatic heterocycles. The summed E-state index contributed by atoms with van der Waals surface area (Å²) in [6, 6.07) is 11.1. The highest BCUT2D eigenvalue weighted by Crippen LogP contribution is 2.04. The topological polar surface area (TPSA) is 80.3 Å². The third-order valence-electron chi connectivity index (χ3n) is 3.15. The maximum atomic E-state index is 12.2. The number of ether oxygens (including phenoxy) is 1. The van der Waals surface area contributed by atoms with Crippen molar-refractivity contribution < 1.29 is 14.3 Å². The van der Waals surface area contributed by atoms with E-state index in [9.17, 15) is 9.59 Å². The summed E-state index contributed by atoms with van der Waals surface area (Å²) >= 11 is 0. The second kappa shape index (κ2) is 8.65. The minimum Gasteiger partial charge on any atom is -0.383 e. The van der Waals surface area contributed by atoms with Crippen LogP contribution in [0.4, 0.5) is 0 Å². The van der Waals surface area contributed by atoms with Gasteiger partial charge in [0.2, 0.25) is 0 Å². The van der Waals surface area contributed by atoms with Crippen LogP contribution in [0.3, 0.4) is 0 Å². The summed E-state index contributed by atoms with van der Waals surface area (Å²) in [7, 11) is 1.56. The number of amides is 2. The second-order valence-electron chi connectivity index (χ2n) is 4.88. The Labute approximate surface area is 134 Å². The van der Waals surface area contributed by atoms with Gasteiger partial charge in [0.1, 0.15) is 0 Å². The molecule has 2 amide bonds. The Morgan fingerprint density at radius 3 is 2.35 bits per heavy atom. The van der Waals surface area contributed by atoms with E-state index in [1.165, 1.54) is 18.5 Å². The first-order valence-electron chi connectivity index (χ1n) is 7.25. The van der Waals surface area contributed by atoms with Gasteiger partial charge in [0.15, 0.2) is 0 Å². The van der Waals surface area contributed by atoms with Crippen LogP contribution in [0.15, 0.2) is 48.8 Å². The Bertz CT molecular complexity index is 659. The fourth-order valence-corrected chi connectivity index (χ4v) is 1.94. The summed E-state index contributed by atoms with van der Waals surface area (Å²) in [5, 5.41) is 5.49. The van der Waals surface area contributed by atoms with Crippen LogP contribution in [0.1, 0.15) is 26.3 Å². The molecule has 6 heteroatoms. The number of nitrogens with one attached hydrogen (secondary N) is 2. The van der Waals surface area contributed by atoms with Crippen molar-refractivity contribution >= 4 is 11.8 Å². The molecular formula is C17H19N3O3. The fraction of sp³-hybridized carbons (Fsp3) is 0.235. The van der Waals surface area contributed by atoms with Gasteiger partial charge in [-0.15, -0.1) is 0 Å². The molecule has 6 nitrogen and oxygen atoms in total. The number of carbonyl (C=O) groups excluding carboxylic acids is 2. The van der Waals surface area contributed by atoms with Gasteiger partial charge in [-0.25, -0.2) is 0 Å². The normalized spacial score (nSPS) is 10.1. The van der Waals surface area contributed by atoms with Gasteiger partial charge >= 0.3 is 0 Å². The van der Waals surface area contributed by atoms with E-state index in [2.05, 4.69) is 15.6 Å². The zero-order valence-electron chi connectivity index (χ0n) is 12.9. The lowest BCUT2D eigenvalue weighted by Gasteiger charge is -2.07. The van der Waals surface area contributed by atoms with Crippen LogP contribution in [-0.4, -0.2) is 37.1 Å².